The van der Waals surface area contributed by atoms with Crippen LogP contribution >= 0.6 is 0 Å². The summed E-state index contributed by atoms with van der Waals surface area (Å²) >= 11 is 0. The first-order chi connectivity index (χ1) is 7.99. The molecule has 0 aromatic heterocycles. The Morgan fingerprint density at radius 3 is 2.59 bits per heavy atom. The zero-order valence-electron chi connectivity index (χ0n) is 9.51. The minimum absolute atomic E-state index is 0.318. The number of amides is 1. The van der Waals surface area contributed by atoms with Gasteiger partial charge >= 0.3 is 10.2 Å². The summed E-state index contributed by atoms with van der Waals surface area (Å²) in [5.74, 6) is -0.566. The van der Waals surface area contributed by atoms with Gasteiger partial charge in [-0.2, -0.15) is 12.7 Å². The van der Waals surface area contributed by atoms with Gasteiger partial charge in [0.25, 0.3) is 0 Å². The molecule has 1 heterocycles. The van der Waals surface area contributed by atoms with Crippen molar-refractivity contribution in [3.63, 3.8) is 0 Å². The minimum Gasteiger partial charge on any atom is -0.274 e. The highest BCUT2D eigenvalue weighted by atomic mass is 32.2. The Morgan fingerprint density at radius 2 is 1.94 bits per heavy atom. The molecule has 1 amide bonds. The largest absolute Gasteiger partial charge is 0.304 e. The van der Waals surface area contributed by atoms with Crippen molar-refractivity contribution >= 4 is 16.1 Å². The molecule has 0 unspecified atom stereocenters. The first kappa shape index (κ1) is 12.1. The van der Waals surface area contributed by atoms with E-state index in [1.807, 2.05) is 29.0 Å². The third-order valence-electron chi connectivity index (χ3n) is 2.71. The van der Waals surface area contributed by atoms with Crippen LogP contribution in [0.25, 0.3) is 0 Å². The lowest BCUT2D eigenvalue weighted by Gasteiger charge is -2.27. The quantitative estimate of drug-likeness (QED) is 0.832. The summed E-state index contributed by atoms with van der Waals surface area (Å²) in [6.45, 7) is 1.91. The van der Waals surface area contributed by atoms with Gasteiger partial charge in [-0.05, 0) is 17.5 Å². The van der Waals surface area contributed by atoms with Crippen LogP contribution in [0.4, 0.5) is 0 Å². The molecule has 1 aliphatic rings. The van der Waals surface area contributed by atoms with Gasteiger partial charge in [-0.15, -0.1) is 0 Å². The lowest BCUT2D eigenvalue weighted by molar-refractivity contribution is -0.117. The van der Waals surface area contributed by atoms with Gasteiger partial charge < -0.3 is 0 Å². The number of rotatable bonds is 2. The Morgan fingerprint density at radius 1 is 1.29 bits per heavy atom. The van der Waals surface area contributed by atoms with Crippen LogP contribution < -0.4 is 4.72 Å². The number of hydrogen-bond donors (Lipinski definition) is 1. The molecule has 1 aromatic carbocycles. The van der Waals surface area contributed by atoms with Gasteiger partial charge in [-0.25, -0.2) is 4.72 Å². The maximum absolute atomic E-state index is 11.8. The van der Waals surface area contributed by atoms with E-state index in [9.17, 15) is 13.2 Å². The molecule has 1 aliphatic heterocycles. The molecule has 0 saturated heterocycles. The van der Waals surface area contributed by atoms with E-state index in [0.717, 1.165) is 5.56 Å². The molecule has 0 spiro atoms. The van der Waals surface area contributed by atoms with E-state index in [1.165, 1.54) is 16.8 Å². The number of benzene rings is 1. The van der Waals surface area contributed by atoms with Gasteiger partial charge in [0.05, 0.1) is 0 Å². The zero-order valence-corrected chi connectivity index (χ0v) is 10.3. The van der Waals surface area contributed by atoms with E-state index in [0.29, 0.717) is 19.5 Å². The van der Waals surface area contributed by atoms with Crippen molar-refractivity contribution in [1.82, 2.24) is 9.03 Å². The SMILES string of the molecule is CC(=O)NS(=O)(=O)N1CCc2ccccc2C1. The number of carbonyl (C=O) groups excluding carboxylic acids is 1. The van der Waals surface area contributed by atoms with Crippen LogP contribution in [-0.2, 0) is 28.0 Å². The van der Waals surface area contributed by atoms with Crippen molar-refractivity contribution in [3.8, 4) is 0 Å². The van der Waals surface area contributed by atoms with E-state index in [2.05, 4.69) is 0 Å². The van der Waals surface area contributed by atoms with Crippen molar-refractivity contribution in [1.29, 1.82) is 0 Å². The molecular formula is C11H14N2O3S. The predicted octanol–water partition coefficient (Wildman–Crippen LogP) is 0.426. The van der Waals surface area contributed by atoms with E-state index in [4.69, 9.17) is 0 Å². The van der Waals surface area contributed by atoms with Crippen molar-refractivity contribution in [2.24, 2.45) is 0 Å². The standard InChI is InChI=1S/C11H14N2O3S/c1-9(14)12-17(15,16)13-7-6-10-4-2-3-5-11(10)8-13/h2-5H,6-8H2,1H3,(H,12,14). The maximum atomic E-state index is 11.8. The number of nitrogens with one attached hydrogen (secondary N) is 1. The lowest BCUT2D eigenvalue weighted by atomic mass is 10.0. The van der Waals surface area contributed by atoms with Crippen LogP contribution in [0.1, 0.15) is 18.1 Å². The molecule has 1 aromatic rings. The van der Waals surface area contributed by atoms with Gasteiger partial charge in [0.1, 0.15) is 0 Å². The normalized spacial score (nSPS) is 16.3. The van der Waals surface area contributed by atoms with Crippen LogP contribution in [-0.4, -0.2) is 25.2 Å². The summed E-state index contributed by atoms with van der Waals surface area (Å²) in [5, 5.41) is 0. The second kappa shape index (κ2) is 4.46. The summed E-state index contributed by atoms with van der Waals surface area (Å²) in [6.07, 6.45) is 0.676. The highest BCUT2D eigenvalue weighted by molar-refractivity contribution is 7.87. The first-order valence-electron chi connectivity index (χ1n) is 5.34. The van der Waals surface area contributed by atoms with Gasteiger partial charge in [-0.1, -0.05) is 24.3 Å². The highest BCUT2D eigenvalue weighted by Gasteiger charge is 2.26. The minimum atomic E-state index is -3.69. The van der Waals surface area contributed by atoms with Crippen molar-refractivity contribution in [3.05, 3.63) is 35.4 Å². The van der Waals surface area contributed by atoms with E-state index in [-0.39, 0.29) is 0 Å². The molecule has 0 aliphatic carbocycles. The molecule has 0 atom stereocenters. The van der Waals surface area contributed by atoms with E-state index in [1.54, 1.807) is 0 Å². The first-order valence-corrected chi connectivity index (χ1v) is 6.78. The maximum Gasteiger partial charge on any atom is 0.304 e. The molecule has 0 radical (unpaired) electrons. The van der Waals surface area contributed by atoms with Crippen LogP contribution in [0, 0.1) is 0 Å². The van der Waals surface area contributed by atoms with Gasteiger partial charge in [0, 0.05) is 20.0 Å². The fraction of sp³-hybridized carbons (Fsp3) is 0.364. The lowest BCUT2D eigenvalue weighted by Crippen LogP contribution is -2.44. The number of carbonyl (C=O) groups is 1. The zero-order chi connectivity index (χ0) is 12.5. The molecule has 17 heavy (non-hydrogen) atoms. The Bertz CT molecular complexity index is 539. The van der Waals surface area contributed by atoms with Crippen LogP contribution in [0.15, 0.2) is 24.3 Å². The average Bonchev–Trinajstić information content (AvgIpc) is 2.26. The van der Waals surface area contributed by atoms with Crippen LogP contribution in [0.2, 0.25) is 0 Å². The molecule has 0 fully saturated rings. The summed E-state index contributed by atoms with van der Waals surface area (Å²) in [4.78, 5) is 10.8. The van der Waals surface area contributed by atoms with Crippen molar-refractivity contribution in [2.75, 3.05) is 6.54 Å². The smallest absolute Gasteiger partial charge is 0.274 e. The number of hydrogen-bond acceptors (Lipinski definition) is 3. The van der Waals surface area contributed by atoms with Gasteiger partial charge in [0.2, 0.25) is 5.91 Å². The highest BCUT2D eigenvalue weighted by Crippen LogP contribution is 2.19. The Balaban J connectivity index is 2.20. The third-order valence-corrected chi connectivity index (χ3v) is 4.25. The van der Waals surface area contributed by atoms with Gasteiger partial charge in [-0.3, -0.25) is 4.79 Å². The number of fused-ring (bicyclic) bond motifs is 1. The van der Waals surface area contributed by atoms with Crippen molar-refractivity contribution < 1.29 is 13.2 Å². The second-order valence-electron chi connectivity index (χ2n) is 4.02. The summed E-state index contributed by atoms with van der Waals surface area (Å²) in [7, 11) is -3.69. The Hall–Kier alpha value is -1.40. The Labute approximate surface area is 101 Å². The van der Waals surface area contributed by atoms with Crippen LogP contribution in [0.5, 0.6) is 0 Å². The molecule has 1 N–H and O–H groups in total. The fourth-order valence-corrected chi connectivity index (χ4v) is 3.05. The predicted molar refractivity (Wildman–Crippen MR) is 63.3 cm³/mol. The Kier molecular flexibility index (Phi) is 3.17. The van der Waals surface area contributed by atoms with Gasteiger partial charge in [0.15, 0.2) is 0 Å². The van der Waals surface area contributed by atoms with E-state index >= 15 is 0 Å². The summed E-state index contributed by atoms with van der Waals surface area (Å²) in [6, 6.07) is 7.73. The summed E-state index contributed by atoms with van der Waals surface area (Å²) < 4.78 is 26.9. The number of nitrogens with zero attached hydrogens (tertiary/aromatic N) is 1. The third kappa shape index (κ3) is 2.65. The molecular weight excluding hydrogens is 240 g/mol. The van der Waals surface area contributed by atoms with Crippen molar-refractivity contribution in [2.45, 2.75) is 19.9 Å². The topological polar surface area (TPSA) is 66.5 Å². The van der Waals surface area contributed by atoms with E-state index < -0.39 is 16.1 Å². The molecule has 5 nitrogen and oxygen atoms in total. The fourth-order valence-electron chi connectivity index (χ4n) is 1.92. The molecule has 2 rings (SSSR count). The second-order valence-corrected chi connectivity index (χ2v) is 5.69. The monoisotopic (exact) mass is 254 g/mol. The van der Waals surface area contributed by atoms with Crippen LogP contribution in [0.3, 0.4) is 0 Å². The summed E-state index contributed by atoms with van der Waals surface area (Å²) in [5.41, 5.74) is 2.16. The average molecular weight is 254 g/mol. The molecule has 92 valence electrons. The molecule has 0 saturated carbocycles. The molecule has 0 bridgehead atoms. The molecule has 6 heteroatoms.